The molecule has 0 aromatic heterocycles. The minimum absolute atomic E-state index is 0.410. The van der Waals surface area contributed by atoms with E-state index in [1.165, 1.54) is 4.90 Å². The fourth-order valence-electron chi connectivity index (χ4n) is 4.72. The molecular formula is C26H31BrN2O5. The van der Waals surface area contributed by atoms with Crippen LogP contribution in [0.1, 0.15) is 49.1 Å². The zero-order valence-electron chi connectivity index (χ0n) is 19.2. The van der Waals surface area contributed by atoms with Crippen LogP contribution in [-0.2, 0) is 16.1 Å². The van der Waals surface area contributed by atoms with Crippen LogP contribution in [0.4, 0.5) is 4.79 Å². The highest BCUT2D eigenvalue weighted by atomic mass is 79.9. The number of piperazine rings is 1. The summed E-state index contributed by atoms with van der Waals surface area (Å²) in [6.07, 6.45) is 2.98. The van der Waals surface area contributed by atoms with Gasteiger partial charge in [0.2, 0.25) is 0 Å². The van der Waals surface area contributed by atoms with Gasteiger partial charge in [-0.1, -0.05) is 55.7 Å². The van der Waals surface area contributed by atoms with Crippen LogP contribution < -0.4 is 10.1 Å². The molecule has 2 N–H and O–H groups in total. The molecule has 1 saturated carbocycles. The fourth-order valence-corrected chi connectivity index (χ4v) is 5.24. The molecule has 2 fully saturated rings. The van der Waals surface area contributed by atoms with Gasteiger partial charge in [-0.15, -0.1) is 0 Å². The van der Waals surface area contributed by atoms with Gasteiger partial charge in [-0.05, 0) is 52.0 Å². The Balaban J connectivity index is 1.54. The average Bonchev–Trinajstić information content (AvgIpc) is 2.85. The van der Waals surface area contributed by atoms with Crippen LogP contribution in [0.5, 0.6) is 5.75 Å². The summed E-state index contributed by atoms with van der Waals surface area (Å²) in [7, 11) is 0. The molecule has 34 heavy (non-hydrogen) atoms. The highest BCUT2D eigenvalue weighted by molar-refractivity contribution is 9.10. The van der Waals surface area contributed by atoms with Crippen molar-refractivity contribution in [2.75, 3.05) is 26.2 Å². The molecule has 1 heterocycles. The van der Waals surface area contributed by atoms with Gasteiger partial charge in [0.05, 0.1) is 10.1 Å². The summed E-state index contributed by atoms with van der Waals surface area (Å²) in [4.78, 5) is 27.5. The molecule has 2 aliphatic rings. The van der Waals surface area contributed by atoms with Crippen molar-refractivity contribution in [2.24, 2.45) is 0 Å². The van der Waals surface area contributed by atoms with E-state index in [-0.39, 0.29) is 0 Å². The molecule has 2 aromatic carbocycles. The Bertz CT molecular complexity index is 988. The van der Waals surface area contributed by atoms with Crippen LogP contribution in [0.2, 0.25) is 0 Å². The van der Waals surface area contributed by atoms with E-state index in [4.69, 9.17) is 9.47 Å². The first kappa shape index (κ1) is 24.7. The van der Waals surface area contributed by atoms with Crippen LogP contribution in [0, 0.1) is 0 Å². The summed E-state index contributed by atoms with van der Waals surface area (Å²) in [5, 5.41) is 14.7. The Morgan fingerprint density at radius 1 is 1.06 bits per heavy atom. The van der Waals surface area contributed by atoms with Crippen molar-refractivity contribution in [2.45, 2.75) is 50.2 Å². The van der Waals surface area contributed by atoms with Gasteiger partial charge in [0.15, 0.2) is 0 Å². The number of amides is 1. The van der Waals surface area contributed by atoms with Crippen molar-refractivity contribution in [3.63, 3.8) is 0 Å². The van der Waals surface area contributed by atoms with Crippen molar-refractivity contribution in [1.29, 1.82) is 0 Å². The average molecular weight is 531 g/mol. The van der Waals surface area contributed by atoms with Gasteiger partial charge in [-0.2, -0.15) is 0 Å². The summed E-state index contributed by atoms with van der Waals surface area (Å²) >= 11 is 3.55. The molecule has 0 bridgehead atoms. The number of benzene rings is 2. The number of ether oxygens (including phenoxy) is 2. The van der Waals surface area contributed by atoms with E-state index in [0.29, 0.717) is 61.4 Å². The highest BCUT2D eigenvalue weighted by Crippen LogP contribution is 2.42. The second-order valence-electron chi connectivity index (χ2n) is 8.99. The van der Waals surface area contributed by atoms with Gasteiger partial charge in [0.1, 0.15) is 18.3 Å². The van der Waals surface area contributed by atoms with E-state index in [1.807, 2.05) is 30.3 Å². The maximum absolute atomic E-state index is 13.3. The number of hydrogen-bond acceptors (Lipinski definition) is 6. The number of hydrogen-bond donors (Lipinski definition) is 2. The van der Waals surface area contributed by atoms with Gasteiger partial charge in [0, 0.05) is 26.2 Å². The molecule has 4 rings (SSSR count). The summed E-state index contributed by atoms with van der Waals surface area (Å²) in [6, 6.07) is 15.2. The van der Waals surface area contributed by atoms with Crippen LogP contribution in [0.25, 0.3) is 0 Å². The molecule has 1 unspecified atom stereocenters. The predicted octanol–water partition coefficient (Wildman–Crippen LogP) is 4.38. The van der Waals surface area contributed by atoms with Crippen molar-refractivity contribution in [1.82, 2.24) is 10.2 Å². The van der Waals surface area contributed by atoms with Gasteiger partial charge < -0.3 is 24.8 Å². The first-order chi connectivity index (χ1) is 16.5. The van der Waals surface area contributed by atoms with Gasteiger partial charge in [-0.25, -0.2) is 4.79 Å². The van der Waals surface area contributed by atoms with Gasteiger partial charge in [-0.3, -0.25) is 4.79 Å². The van der Waals surface area contributed by atoms with Crippen LogP contribution in [0.3, 0.4) is 0 Å². The zero-order valence-corrected chi connectivity index (χ0v) is 20.8. The van der Waals surface area contributed by atoms with Gasteiger partial charge >= 0.3 is 12.1 Å². The van der Waals surface area contributed by atoms with E-state index in [1.54, 1.807) is 18.2 Å². The van der Waals surface area contributed by atoms with Crippen LogP contribution >= 0.6 is 15.9 Å². The van der Waals surface area contributed by atoms with Crippen molar-refractivity contribution < 1.29 is 24.2 Å². The Morgan fingerprint density at radius 3 is 2.44 bits per heavy atom. The largest absolute Gasteiger partial charge is 0.488 e. The van der Waals surface area contributed by atoms with Crippen LogP contribution in [-0.4, -0.2) is 53.8 Å². The number of aliphatic hydroxyl groups is 1. The zero-order chi connectivity index (χ0) is 24.0. The molecule has 1 aliphatic carbocycles. The van der Waals surface area contributed by atoms with E-state index >= 15 is 0 Å². The monoisotopic (exact) mass is 530 g/mol. The fraction of sp³-hybridized carbons (Fsp3) is 0.462. The lowest BCUT2D eigenvalue weighted by atomic mass is 9.73. The molecule has 1 aliphatic heterocycles. The third-order valence-electron chi connectivity index (χ3n) is 6.58. The number of rotatable bonds is 6. The summed E-state index contributed by atoms with van der Waals surface area (Å²) in [6.45, 7) is 2.70. The number of carbonyl (C=O) groups excluding carboxylic acids is 2. The van der Waals surface area contributed by atoms with Crippen molar-refractivity contribution in [3.05, 3.63) is 64.1 Å². The lowest BCUT2D eigenvalue weighted by molar-refractivity contribution is -0.149. The van der Waals surface area contributed by atoms with E-state index in [2.05, 4.69) is 21.2 Å². The molecule has 1 amide bonds. The third kappa shape index (κ3) is 5.98. The molecule has 7 nitrogen and oxygen atoms in total. The second kappa shape index (κ2) is 11.3. The minimum atomic E-state index is -1.26. The lowest BCUT2D eigenvalue weighted by Gasteiger charge is -2.38. The maximum Gasteiger partial charge on any atom is 0.417 e. The number of nitrogens with zero attached hydrogens (tertiary/aromatic N) is 1. The molecular weight excluding hydrogens is 500 g/mol. The number of nitrogens with one attached hydrogen (secondary N) is 1. The van der Waals surface area contributed by atoms with E-state index in [9.17, 15) is 14.7 Å². The third-order valence-corrected chi connectivity index (χ3v) is 7.20. The van der Waals surface area contributed by atoms with E-state index < -0.39 is 23.6 Å². The van der Waals surface area contributed by atoms with E-state index in [0.717, 1.165) is 24.8 Å². The molecule has 1 atom stereocenters. The molecule has 2 aromatic rings. The Morgan fingerprint density at radius 2 is 1.76 bits per heavy atom. The molecule has 182 valence electrons. The second-order valence-corrected chi connectivity index (χ2v) is 9.84. The predicted molar refractivity (Wildman–Crippen MR) is 132 cm³/mol. The standard InChI is InChI=1S/C26H31BrN2O5/c27-21-17-20(9-10-22(21)33-18-19-7-3-1-4-8-19)23(26(32)11-5-2-6-12-26)24(30)34-25(31)29-15-13-28-14-16-29/h1,3-4,7-10,17,23,28,32H,2,5-6,11-16,18H2. The molecule has 0 radical (unpaired) electrons. The number of esters is 1. The van der Waals surface area contributed by atoms with Crippen molar-refractivity contribution >= 4 is 28.0 Å². The number of halogens is 1. The first-order valence-corrected chi connectivity index (χ1v) is 12.7. The Kier molecular flexibility index (Phi) is 8.24. The lowest BCUT2D eigenvalue weighted by Crippen LogP contribution is -2.49. The highest BCUT2D eigenvalue weighted by Gasteiger charge is 2.45. The summed E-state index contributed by atoms with van der Waals surface area (Å²) < 4.78 is 11.9. The molecule has 1 saturated heterocycles. The van der Waals surface area contributed by atoms with Crippen molar-refractivity contribution in [3.8, 4) is 5.75 Å². The molecule has 8 heteroatoms. The molecule has 0 spiro atoms. The van der Waals surface area contributed by atoms with Crippen LogP contribution in [0.15, 0.2) is 53.0 Å². The number of carbonyl (C=O) groups is 2. The minimum Gasteiger partial charge on any atom is -0.488 e. The topological polar surface area (TPSA) is 88.1 Å². The summed E-state index contributed by atoms with van der Waals surface area (Å²) in [5.74, 6) is -1.04. The maximum atomic E-state index is 13.3. The SMILES string of the molecule is O=C(OC(=O)N1CCNCC1)C(c1ccc(OCc2ccccc2)c(Br)c1)C1(O)CCCCC1. The van der Waals surface area contributed by atoms with Gasteiger partial charge in [0.25, 0.3) is 0 Å². The smallest absolute Gasteiger partial charge is 0.417 e. The Hall–Kier alpha value is -2.42. The normalized spacial score (nSPS) is 18.7. The first-order valence-electron chi connectivity index (χ1n) is 11.9. The summed E-state index contributed by atoms with van der Waals surface area (Å²) in [5.41, 5.74) is 0.384. The quantitative estimate of drug-likeness (QED) is 0.425. The Labute approximate surface area is 208 Å².